The molecule has 0 aliphatic carbocycles. The lowest BCUT2D eigenvalue weighted by molar-refractivity contribution is -0.128. The molecule has 1 heterocycles. The lowest BCUT2D eigenvalue weighted by Crippen LogP contribution is -2.50. The predicted octanol–water partition coefficient (Wildman–Crippen LogP) is 2.23. The Labute approximate surface area is 111 Å². The second-order valence-corrected chi connectivity index (χ2v) is 4.84. The normalized spacial score (nSPS) is 23.1. The minimum absolute atomic E-state index is 0.0446. The van der Waals surface area contributed by atoms with Gasteiger partial charge in [0.2, 0.25) is 5.67 Å². The first-order chi connectivity index (χ1) is 9.14. The van der Waals surface area contributed by atoms with Crippen molar-refractivity contribution >= 4 is 11.6 Å². The van der Waals surface area contributed by atoms with Gasteiger partial charge < -0.3 is 10.6 Å². The monoisotopic (exact) mass is 268 g/mol. The van der Waals surface area contributed by atoms with Crippen molar-refractivity contribution in [1.82, 2.24) is 5.32 Å². The molecule has 104 valence electrons. The molecule has 2 rings (SSSR count). The third-order valence-electron chi connectivity index (χ3n) is 3.31. The van der Waals surface area contributed by atoms with Crippen LogP contribution in [0.5, 0.6) is 0 Å². The molecule has 19 heavy (non-hydrogen) atoms. The molecule has 1 aliphatic rings. The first kappa shape index (κ1) is 13.9. The summed E-state index contributed by atoms with van der Waals surface area (Å²) in [6.07, 6.45) is 1.17. The average molecular weight is 268 g/mol. The number of anilines is 1. The van der Waals surface area contributed by atoms with Gasteiger partial charge in [-0.25, -0.2) is 4.39 Å². The van der Waals surface area contributed by atoms with Crippen molar-refractivity contribution in [2.24, 2.45) is 0 Å². The van der Waals surface area contributed by atoms with E-state index in [-0.39, 0.29) is 13.0 Å². The predicted molar refractivity (Wildman–Crippen MR) is 70.7 cm³/mol. The largest absolute Gasteiger partial charge is 0.323 e. The second-order valence-electron chi connectivity index (χ2n) is 4.84. The Morgan fingerprint density at radius 3 is 3.00 bits per heavy atom. The van der Waals surface area contributed by atoms with Gasteiger partial charge >= 0.3 is 0 Å². The van der Waals surface area contributed by atoms with Crippen molar-refractivity contribution in [3.8, 4) is 0 Å². The van der Waals surface area contributed by atoms with Gasteiger partial charge in [0.1, 0.15) is 0 Å². The number of nitrogens with one attached hydrogen (secondary N) is 2. The number of alkyl halides is 2. The van der Waals surface area contributed by atoms with Gasteiger partial charge in [0.05, 0.1) is 6.67 Å². The summed E-state index contributed by atoms with van der Waals surface area (Å²) >= 11 is 0. The summed E-state index contributed by atoms with van der Waals surface area (Å²) in [7, 11) is 0. The summed E-state index contributed by atoms with van der Waals surface area (Å²) in [5.41, 5.74) is -0.553. The summed E-state index contributed by atoms with van der Waals surface area (Å²) in [5, 5.41) is 5.46. The smallest absolute Gasteiger partial charge is 0.263 e. The van der Waals surface area contributed by atoms with Crippen LogP contribution in [-0.2, 0) is 11.2 Å². The Morgan fingerprint density at radius 2 is 2.32 bits per heavy atom. The van der Waals surface area contributed by atoms with E-state index in [1.165, 1.54) is 0 Å². The maximum Gasteiger partial charge on any atom is 0.263 e. The minimum atomic E-state index is -1.85. The molecule has 1 amide bonds. The lowest BCUT2D eigenvalue weighted by Gasteiger charge is -2.28. The molecule has 0 spiro atoms. The van der Waals surface area contributed by atoms with E-state index in [1.54, 1.807) is 24.3 Å². The molecule has 3 nitrogen and oxygen atoms in total. The van der Waals surface area contributed by atoms with Gasteiger partial charge in [0, 0.05) is 18.7 Å². The van der Waals surface area contributed by atoms with E-state index >= 15 is 0 Å². The standard InChI is InChI=1S/C14H18F2N2O/c15-7-5-11-3-1-4-12(9-11)18-13(19)14(16)6-2-8-17-10-14/h1,3-4,9,17H,2,5-8,10H2,(H,18,19). The van der Waals surface area contributed by atoms with E-state index in [1.807, 2.05) is 0 Å². The number of benzene rings is 1. The van der Waals surface area contributed by atoms with Crippen molar-refractivity contribution in [2.45, 2.75) is 24.9 Å². The Hall–Kier alpha value is -1.49. The van der Waals surface area contributed by atoms with E-state index in [0.717, 1.165) is 12.1 Å². The molecule has 2 N–H and O–H groups in total. The Morgan fingerprint density at radius 1 is 1.47 bits per heavy atom. The van der Waals surface area contributed by atoms with Gasteiger partial charge in [-0.15, -0.1) is 0 Å². The van der Waals surface area contributed by atoms with Crippen LogP contribution in [0.3, 0.4) is 0 Å². The molecule has 1 fully saturated rings. The third-order valence-corrected chi connectivity index (χ3v) is 3.31. The topological polar surface area (TPSA) is 41.1 Å². The van der Waals surface area contributed by atoms with Crippen molar-refractivity contribution < 1.29 is 13.6 Å². The van der Waals surface area contributed by atoms with E-state index in [9.17, 15) is 13.6 Å². The molecule has 0 radical (unpaired) electrons. The third kappa shape index (κ3) is 3.50. The lowest BCUT2D eigenvalue weighted by atomic mass is 9.95. The number of hydrogen-bond donors (Lipinski definition) is 2. The zero-order chi connectivity index (χ0) is 13.7. The highest BCUT2D eigenvalue weighted by molar-refractivity contribution is 5.97. The quantitative estimate of drug-likeness (QED) is 0.879. The van der Waals surface area contributed by atoms with Crippen molar-refractivity contribution in [3.05, 3.63) is 29.8 Å². The maximum atomic E-state index is 14.4. The van der Waals surface area contributed by atoms with Crippen LogP contribution in [0.4, 0.5) is 14.5 Å². The van der Waals surface area contributed by atoms with Crippen LogP contribution in [0.25, 0.3) is 0 Å². The number of halogens is 2. The number of aryl methyl sites for hydroxylation is 1. The molecule has 1 aliphatic heterocycles. The number of carbonyl (C=O) groups excluding carboxylic acids is 1. The molecule has 5 heteroatoms. The number of amides is 1. The number of carbonyl (C=O) groups is 1. The van der Waals surface area contributed by atoms with E-state index in [2.05, 4.69) is 10.6 Å². The van der Waals surface area contributed by atoms with Gasteiger partial charge in [-0.05, 0) is 37.1 Å². The molecule has 1 aromatic rings. The van der Waals surface area contributed by atoms with Gasteiger partial charge in [-0.2, -0.15) is 0 Å². The zero-order valence-corrected chi connectivity index (χ0v) is 10.7. The molecule has 1 unspecified atom stereocenters. The molecular formula is C14H18F2N2O. The van der Waals surface area contributed by atoms with Gasteiger partial charge in [-0.1, -0.05) is 12.1 Å². The fourth-order valence-corrected chi connectivity index (χ4v) is 2.22. The Balaban J connectivity index is 2.03. The van der Waals surface area contributed by atoms with E-state index in [0.29, 0.717) is 18.5 Å². The van der Waals surface area contributed by atoms with Crippen LogP contribution >= 0.6 is 0 Å². The highest BCUT2D eigenvalue weighted by Crippen LogP contribution is 2.23. The van der Waals surface area contributed by atoms with Gasteiger partial charge in [0.15, 0.2) is 0 Å². The van der Waals surface area contributed by atoms with Crippen molar-refractivity contribution in [1.29, 1.82) is 0 Å². The number of rotatable bonds is 4. The highest BCUT2D eigenvalue weighted by Gasteiger charge is 2.39. The van der Waals surface area contributed by atoms with E-state index in [4.69, 9.17) is 0 Å². The van der Waals surface area contributed by atoms with Crippen LogP contribution in [0.15, 0.2) is 24.3 Å². The molecule has 0 bridgehead atoms. The van der Waals surface area contributed by atoms with Crippen molar-refractivity contribution in [2.75, 3.05) is 25.1 Å². The fraction of sp³-hybridized carbons (Fsp3) is 0.500. The van der Waals surface area contributed by atoms with Crippen LogP contribution in [-0.4, -0.2) is 31.3 Å². The first-order valence-electron chi connectivity index (χ1n) is 6.50. The fourth-order valence-electron chi connectivity index (χ4n) is 2.22. The molecular weight excluding hydrogens is 250 g/mol. The second kappa shape index (κ2) is 6.10. The van der Waals surface area contributed by atoms with Gasteiger partial charge in [-0.3, -0.25) is 9.18 Å². The molecule has 1 atom stereocenters. The van der Waals surface area contributed by atoms with Crippen LogP contribution in [0.1, 0.15) is 18.4 Å². The Bertz CT molecular complexity index is 445. The SMILES string of the molecule is O=C(Nc1cccc(CCF)c1)C1(F)CCCNC1. The molecule has 1 saturated heterocycles. The minimum Gasteiger partial charge on any atom is -0.323 e. The summed E-state index contributed by atoms with van der Waals surface area (Å²) in [5.74, 6) is -0.628. The number of piperidine rings is 1. The maximum absolute atomic E-state index is 14.4. The van der Waals surface area contributed by atoms with Crippen molar-refractivity contribution in [3.63, 3.8) is 0 Å². The summed E-state index contributed by atoms with van der Waals surface area (Å²) < 4.78 is 26.6. The molecule has 0 saturated carbocycles. The zero-order valence-electron chi connectivity index (χ0n) is 10.7. The molecule has 0 aromatic heterocycles. The Kier molecular flexibility index (Phi) is 4.47. The first-order valence-corrected chi connectivity index (χ1v) is 6.50. The van der Waals surface area contributed by atoms with Crippen LogP contribution in [0.2, 0.25) is 0 Å². The van der Waals surface area contributed by atoms with Crippen LogP contribution < -0.4 is 10.6 Å². The summed E-state index contributed by atoms with van der Waals surface area (Å²) in [4.78, 5) is 12.0. The van der Waals surface area contributed by atoms with E-state index < -0.39 is 18.3 Å². The van der Waals surface area contributed by atoms with Crippen LogP contribution in [0, 0.1) is 0 Å². The average Bonchev–Trinajstić information content (AvgIpc) is 2.40. The number of hydrogen-bond acceptors (Lipinski definition) is 2. The summed E-state index contributed by atoms with van der Waals surface area (Å²) in [6, 6.07) is 6.86. The highest BCUT2D eigenvalue weighted by atomic mass is 19.1. The molecule has 1 aromatic carbocycles. The van der Waals surface area contributed by atoms with Gasteiger partial charge in [0.25, 0.3) is 5.91 Å². The summed E-state index contributed by atoms with van der Waals surface area (Å²) in [6.45, 7) is 0.336.